The summed E-state index contributed by atoms with van der Waals surface area (Å²) >= 11 is 31.2. The fourth-order valence-electron chi connectivity index (χ4n) is 6.98. The van der Waals surface area contributed by atoms with Crippen LogP contribution in [0.2, 0.25) is 25.1 Å². The third-order valence-corrected chi connectivity index (χ3v) is 12.7. The number of rotatable bonds is 21. The number of hydrazone groups is 1. The van der Waals surface area contributed by atoms with Gasteiger partial charge in [-0.15, -0.1) is 0 Å². The van der Waals surface area contributed by atoms with Crippen LogP contribution in [0.15, 0.2) is 149 Å². The number of carbonyl (C=O) groups is 4. The summed E-state index contributed by atoms with van der Waals surface area (Å²) in [5.41, 5.74) is 6.59. The normalized spacial score (nSPS) is 12.1. The van der Waals surface area contributed by atoms with Crippen LogP contribution in [-0.4, -0.2) is 35.3 Å². The maximum atomic E-state index is 13.7. The van der Waals surface area contributed by atoms with Crippen molar-refractivity contribution in [3.63, 3.8) is 0 Å². The highest BCUT2D eigenvalue weighted by Gasteiger charge is 2.33. The van der Waals surface area contributed by atoms with E-state index in [2.05, 4.69) is 42.3 Å². The first-order chi connectivity index (χ1) is 38.8. The number of azo groups is 1. The quantitative estimate of drug-likeness (QED) is 0.0114. The van der Waals surface area contributed by atoms with Crippen LogP contribution in [-0.2, 0) is 49.6 Å². The minimum atomic E-state index is -4.76. The van der Waals surface area contributed by atoms with Gasteiger partial charge in [0.15, 0.2) is 23.1 Å². The average Bonchev–Trinajstić information content (AvgIpc) is 3.45. The molecular weight excluding hydrogens is 1190 g/mol. The van der Waals surface area contributed by atoms with Gasteiger partial charge in [-0.2, -0.15) is 41.7 Å². The smallest absolute Gasteiger partial charge is 0.416 e. The third-order valence-electron chi connectivity index (χ3n) is 11.2. The van der Waals surface area contributed by atoms with E-state index >= 15 is 0 Å². The Balaban J connectivity index is 0.955. The van der Waals surface area contributed by atoms with E-state index in [1.165, 1.54) is 79.7 Å². The molecule has 0 fully saturated rings. The number of halogens is 11. The fraction of sp³-hybridized carbons (Fsp3) is 0.145. The first-order valence-electron chi connectivity index (χ1n) is 23.6. The molecule has 7 rings (SSSR count). The second kappa shape index (κ2) is 27.2. The Labute approximate surface area is 487 Å². The highest BCUT2D eigenvalue weighted by Crippen LogP contribution is 2.40. The molecule has 0 aliphatic heterocycles. The number of ether oxygens (including phenoxy) is 2. The highest BCUT2D eigenvalue weighted by molar-refractivity contribution is 6.38. The second-order valence-electron chi connectivity index (χ2n) is 17.4. The minimum Gasteiger partial charge on any atom is -0.455 e. The molecule has 27 heteroatoms. The zero-order valence-corrected chi connectivity index (χ0v) is 46.2. The van der Waals surface area contributed by atoms with Gasteiger partial charge in [0.25, 0.3) is 11.8 Å². The molecule has 82 heavy (non-hydrogen) atoms. The van der Waals surface area contributed by atoms with E-state index in [1.54, 1.807) is 25.1 Å². The van der Waals surface area contributed by atoms with Gasteiger partial charge in [0.2, 0.25) is 11.9 Å². The number of hydrogen-bond donors (Lipinski definition) is 5. The van der Waals surface area contributed by atoms with Gasteiger partial charge in [-0.1, -0.05) is 64.1 Å². The van der Waals surface area contributed by atoms with E-state index in [9.17, 15) is 45.5 Å². The lowest BCUT2D eigenvalue weighted by Crippen LogP contribution is -2.32. The molecule has 5 N–H and O–H groups in total. The number of aryl methyl sites for hydroxylation is 1. The molecule has 0 bridgehead atoms. The van der Waals surface area contributed by atoms with Crippen molar-refractivity contribution in [3.8, 4) is 23.0 Å². The largest absolute Gasteiger partial charge is 0.455 e. The number of Topliss-reactive ketones (excluding diaryl/α,β-unsaturated/α-hetero) is 2. The van der Waals surface area contributed by atoms with Crippen molar-refractivity contribution in [2.75, 3.05) is 21.5 Å². The lowest BCUT2D eigenvalue weighted by atomic mass is 10.1. The molecule has 0 spiro atoms. The number of hydrogen-bond acceptors (Lipinski definition) is 13. The van der Waals surface area contributed by atoms with Crippen molar-refractivity contribution < 1.29 is 64.7 Å². The lowest BCUT2D eigenvalue weighted by molar-refractivity contribution is -0.138. The average molecular weight is 1230 g/mol. The molecule has 0 aliphatic rings. The van der Waals surface area contributed by atoms with Crippen molar-refractivity contribution in [3.05, 3.63) is 192 Å². The van der Waals surface area contributed by atoms with E-state index in [1.807, 2.05) is 0 Å². The Hall–Kier alpha value is -7.96. The molecule has 2 amide bonds. The predicted octanol–water partition coefficient (Wildman–Crippen LogP) is 16.4. The third kappa shape index (κ3) is 17.0. The molecule has 7 aromatic carbocycles. The summed E-state index contributed by atoms with van der Waals surface area (Å²) in [6.45, 7) is 3.54. The van der Waals surface area contributed by atoms with Crippen molar-refractivity contribution in [1.29, 1.82) is 0 Å². The Morgan fingerprint density at radius 1 is 0.585 bits per heavy atom. The van der Waals surface area contributed by atoms with Gasteiger partial charge in [0.1, 0.15) is 29.5 Å². The topological polar surface area (TPSA) is 202 Å². The van der Waals surface area contributed by atoms with Gasteiger partial charge in [-0.05, 0) is 158 Å². The van der Waals surface area contributed by atoms with Gasteiger partial charge in [-0.3, -0.25) is 39.8 Å². The summed E-state index contributed by atoms with van der Waals surface area (Å²) in [4.78, 5) is 63.5. The van der Waals surface area contributed by atoms with Gasteiger partial charge in [0.05, 0.1) is 49.9 Å². The summed E-state index contributed by atoms with van der Waals surface area (Å²) in [6.07, 6.45) is -9.42. The molecule has 0 heterocycles. The first kappa shape index (κ1) is 61.7. The number of amides is 2. The number of amidine groups is 1. The van der Waals surface area contributed by atoms with Crippen molar-refractivity contribution in [2.24, 2.45) is 15.3 Å². The van der Waals surface area contributed by atoms with Crippen molar-refractivity contribution in [1.82, 2.24) is 5.48 Å². The Bertz CT molecular complexity index is 3590. The SMILES string of the molecule is CC(=O)C(=NNc1cc(CONc2cc(C(F)(F)F)ccc2Oc2ccc(Cl)cc2)ccc1Cl)NOCc1cc(Cl)c(NC(=O)C(N=Nc2cc(C(=O)Nc3cc(C(F)(F)F)ccc3Oc3ccc(Cl)cc3)ccc2Cl)C(C)=O)cc1C. The van der Waals surface area contributed by atoms with Crippen LogP contribution < -0.4 is 36.5 Å². The molecule has 1 atom stereocenters. The predicted molar refractivity (Wildman–Crippen MR) is 299 cm³/mol. The van der Waals surface area contributed by atoms with Crippen molar-refractivity contribution >= 4 is 116 Å². The highest BCUT2D eigenvalue weighted by atomic mass is 35.5. The minimum absolute atomic E-state index is 0.00147. The van der Waals surface area contributed by atoms with Gasteiger partial charge in [0, 0.05) is 22.5 Å². The molecule has 0 aromatic heterocycles. The van der Waals surface area contributed by atoms with Crippen LogP contribution in [0.25, 0.3) is 0 Å². The summed E-state index contributed by atoms with van der Waals surface area (Å²) < 4.78 is 93.5. The zero-order valence-electron chi connectivity index (χ0n) is 42.5. The Morgan fingerprint density at radius 2 is 1.17 bits per heavy atom. The number of hydroxylamine groups is 1. The molecule has 0 radical (unpaired) electrons. The fourth-order valence-corrected chi connectivity index (χ4v) is 7.78. The van der Waals surface area contributed by atoms with Gasteiger partial charge < -0.3 is 20.1 Å². The zero-order chi connectivity index (χ0) is 59.5. The molecule has 0 aliphatic carbocycles. The maximum Gasteiger partial charge on any atom is 0.416 e. The van der Waals surface area contributed by atoms with Gasteiger partial charge in [-0.25, -0.2) is 5.48 Å². The Morgan fingerprint density at radius 3 is 1.76 bits per heavy atom. The number of ketones is 2. The van der Waals surface area contributed by atoms with E-state index in [4.69, 9.17) is 77.2 Å². The molecule has 1 unspecified atom stereocenters. The summed E-state index contributed by atoms with van der Waals surface area (Å²) in [6, 6.07) is 26.9. The molecule has 16 nitrogen and oxygen atoms in total. The number of carbonyl (C=O) groups excluding carboxylic acids is 4. The second-order valence-corrected chi connectivity index (χ2v) is 19.4. The maximum absolute atomic E-state index is 13.7. The monoisotopic (exact) mass is 1230 g/mol. The molecular formula is C55H41Cl5F6N8O8. The van der Waals surface area contributed by atoms with Crippen LogP contribution in [0, 0.1) is 6.92 Å². The standard InChI is InChI=1S/C55H41Cl5F6N8O8/c1-28-20-43(67-53(78)50(29(2)75)71-69-45-23-32(5-17-41(45)59)52(77)68-46-24-34(54(61,62)63)6-18-48(46)81-38-12-8-36(56)9-13-38)42(60)22-33(28)27-80-74-51(30(3)76)72-70-44-21-31(4-16-40(44)58)26-79-73-47-25-35(55(64,65)66)7-19-49(47)82-39-14-10-37(57)11-15-39/h4-25,50,70,73H,26-27H2,1-3H3,(H,67,78)(H,68,77)(H,72,74). The summed E-state index contributed by atoms with van der Waals surface area (Å²) in [5, 5.41) is 17.8. The van der Waals surface area contributed by atoms with E-state index in [-0.39, 0.29) is 85.4 Å². The number of nitrogens with zero attached hydrogens (tertiary/aromatic N) is 3. The first-order valence-corrected chi connectivity index (χ1v) is 25.5. The Kier molecular flexibility index (Phi) is 20.5. The van der Waals surface area contributed by atoms with Crippen LogP contribution >= 0.6 is 58.0 Å². The van der Waals surface area contributed by atoms with Crippen LogP contribution in [0.3, 0.4) is 0 Å². The number of nitrogens with one attached hydrogen (secondary N) is 5. The summed E-state index contributed by atoms with van der Waals surface area (Å²) in [7, 11) is 0. The molecule has 7 aromatic rings. The molecule has 426 valence electrons. The number of alkyl halides is 6. The lowest BCUT2D eigenvalue weighted by Gasteiger charge is -2.16. The van der Waals surface area contributed by atoms with Crippen LogP contribution in [0.4, 0.5) is 54.8 Å². The molecule has 0 saturated heterocycles. The summed E-state index contributed by atoms with van der Waals surface area (Å²) in [5.74, 6) is -3.06. The van der Waals surface area contributed by atoms with E-state index in [0.717, 1.165) is 43.3 Å². The number of benzene rings is 7. The molecule has 0 saturated carbocycles. The van der Waals surface area contributed by atoms with Crippen LogP contribution in [0.1, 0.15) is 52.0 Å². The van der Waals surface area contributed by atoms with E-state index in [0.29, 0.717) is 38.6 Å². The van der Waals surface area contributed by atoms with Crippen LogP contribution in [0.5, 0.6) is 23.0 Å². The number of anilines is 4. The van der Waals surface area contributed by atoms with E-state index < -0.39 is 52.9 Å². The van der Waals surface area contributed by atoms with Crippen molar-refractivity contribution in [2.45, 2.75) is 52.4 Å². The van der Waals surface area contributed by atoms with Gasteiger partial charge >= 0.3 is 12.4 Å².